The summed E-state index contributed by atoms with van der Waals surface area (Å²) in [5, 5.41) is 6.66. The fraction of sp³-hybridized carbons (Fsp3) is 0.556. The maximum Gasteiger partial charge on any atom is 0.224 e. The molecule has 2 N–H and O–H groups in total. The molecule has 6 heteroatoms. The first-order valence-electron chi connectivity index (χ1n) is 8.44. The van der Waals surface area contributed by atoms with Gasteiger partial charge in [-0.2, -0.15) is 0 Å². The number of carbonyl (C=O) groups excluding carboxylic acids is 1. The first-order chi connectivity index (χ1) is 11.2. The van der Waals surface area contributed by atoms with Crippen molar-refractivity contribution in [2.75, 3.05) is 20.6 Å². The summed E-state index contributed by atoms with van der Waals surface area (Å²) in [6, 6.07) is 10.6. The largest absolute Gasteiger partial charge is 0.356 e. The lowest BCUT2D eigenvalue weighted by Gasteiger charge is -2.19. The molecule has 0 saturated heterocycles. The molecule has 0 unspecified atom stereocenters. The molecule has 0 radical (unpaired) electrons. The van der Waals surface area contributed by atoms with Gasteiger partial charge in [0, 0.05) is 39.6 Å². The van der Waals surface area contributed by atoms with Crippen LogP contribution in [-0.4, -0.2) is 43.4 Å². The number of amides is 1. The zero-order chi connectivity index (χ0) is 16.5. The van der Waals surface area contributed by atoms with Crippen LogP contribution in [-0.2, 0) is 11.3 Å². The molecule has 0 spiro atoms. The molecule has 0 aliphatic heterocycles. The lowest BCUT2D eigenvalue weighted by atomic mass is 10.2. The molecular weight excluding hydrogens is 415 g/mol. The van der Waals surface area contributed by atoms with Crippen LogP contribution in [0.2, 0.25) is 0 Å². The van der Waals surface area contributed by atoms with Crippen LogP contribution >= 0.6 is 24.0 Å². The Hall–Kier alpha value is -1.31. The molecule has 2 rings (SSSR count). The monoisotopic (exact) mass is 444 g/mol. The van der Waals surface area contributed by atoms with E-state index in [0.717, 1.165) is 11.5 Å². The second-order valence-corrected chi connectivity index (χ2v) is 6.11. The molecule has 1 aliphatic carbocycles. The van der Waals surface area contributed by atoms with Crippen LogP contribution in [0.1, 0.15) is 37.7 Å². The Morgan fingerprint density at radius 1 is 1.25 bits per heavy atom. The molecule has 1 fully saturated rings. The quantitative estimate of drug-likeness (QED) is 0.403. The van der Waals surface area contributed by atoms with Gasteiger partial charge < -0.3 is 15.5 Å². The van der Waals surface area contributed by atoms with Crippen LogP contribution in [0.15, 0.2) is 35.3 Å². The Balaban J connectivity index is 0.00000288. The molecule has 0 atom stereocenters. The number of halogens is 1. The molecule has 0 heterocycles. The van der Waals surface area contributed by atoms with E-state index in [-0.39, 0.29) is 29.9 Å². The van der Waals surface area contributed by atoms with E-state index in [0.29, 0.717) is 25.6 Å². The number of hydrogen-bond donors (Lipinski definition) is 2. The first-order valence-corrected chi connectivity index (χ1v) is 8.44. The van der Waals surface area contributed by atoms with Crippen LogP contribution < -0.4 is 10.6 Å². The van der Waals surface area contributed by atoms with Gasteiger partial charge in [-0.1, -0.05) is 43.2 Å². The van der Waals surface area contributed by atoms with Crippen molar-refractivity contribution in [1.82, 2.24) is 15.5 Å². The number of nitrogens with zero attached hydrogens (tertiary/aromatic N) is 2. The number of rotatable bonds is 6. The van der Waals surface area contributed by atoms with Gasteiger partial charge in [-0.15, -0.1) is 24.0 Å². The van der Waals surface area contributed by atoms with E-state index >= 15 is 0 Å². The molecule has 1 aromatic carbocycles. The summed E-state index contributed by atoms with van der Waals surface area (Å²) in [5.41, 5.74) is 1.15. The fourth-order valence-electron chi connectivity index (χ4n) is 2.88. The van der Waals surface area contributed by atoms with Crippen LogP contribution in [0, 0.1) is 0 Å². The number of guanidine groups is 1. The molecule has 0 bridgehead atoms. The van der Waals surface area contributed by atoms with Crippen LogP contribution in [0.4, 0.5) is 0 Å². The van der Waals surface area contributed by atoms with Crippen molar-refractivity contribution >= 4 is 35.8 Å². The highest BCUT2D eigenvalue weighted by Gasteiger charge is 2.16. The Bertz CT molecular complexity index is 515. The predicted octanol–water partition coefficient (Wildman–Crippen LogP) is 2.76. The van der Waals surface area contributed by atoms with Crippen molar-refractivity contribution in [2.24, 2.45) is 4.99 Å². The summed E-state index contributed by atoms with van der Waals surface area (Å²) in [6.07, 6.45) is 5.46. The van der Waals surface area contributed by atoms with Crippen LogP contribution in [0.5, 0.6) is 0 Å². The van der Waals surface area contributed by atoms with Crippen LogP contribution in [0.25, 0.3) is 0 Å². The van der Waals surface area contributed by atoms with E-state index < -0.39 is 0 Å². The summed E-state index contributed by atoms with van der Waals surface area (Å²) in [7, 11) is 3.62. The lowest BCUT2D eigenvalue weighted by Crippen LogP contribution is -2.43. The molecule has 134 valence electrons. The lowest BCUT2D eigenvalue weighted by molar-refractivity contribution is -0.130. The number of nitrogens with one attached hydrogen (secondary N) is 2. The Labute approximate surface area is 162 Å². The normalized spacial score (nSPS) is 14.8. The average molecular weight is 444 g/mol. The fourth-order valence-corrected chi connectivity index (χ4v) is 2.88. The van der Waals surface area contributed by atoms with Gasteiger partial charge in [-0.05, 0) is 18.4 Å². The van der Waals surface area contributed by atoms with Crippen molar-refractivity contribution in [2.45, 2.75) is 44.7 Å². The Morgan fingerprint density at radius 2 is 1.92 bits per heavy atom. The minimum absolute atomic E-state index is 0. The van der Waals surface area contributed by atoms with Gasteiger partial charge in [0.15, 0.2) is 5.96 Å². The van der Waals surface area contributed by atoms with Crippen molar-refractivity contribution in [3.63, 3.8) is 0 Å². The summed E-state index contributed by atoms with van der Waals surface area (Å²) in [6.45, 7) is 1.25. The summed E-state index contributed by atoms with van der Waals surface area (Å²) in [5.74, 6) is 0.938. The zero-order valence-corrected chi connectivity index (χ0v) is 17.0. The number of aliphatic imine (C=N–C) groups is 1. The third-order valence-corrected chi connectivity index (χ3v) is 4.24. The van der Waals surface area contributed by atoms with Crippen molar-refractivity contribution in [3.8, 4) is 0 Å². The number of hydrogen-bond acceptors (Lipinski definition) is 2. The van der Waals surface area contributed by atoms with Crippen molar-refractivity contribution < 1.29 is 4.79 Å². The number of carbonyl (C=O) groups is 1. The molecule has 1 aliphatic rings. The third kappa shape index (κ3) is 7.07. The average Bonchev–Trinajstić information content (AvgIpc) is 3.07. The molecule has 1 aromatic rings. The van der Waals surface area contributed by atoms with Crippen molar-refractivity contribution in [3.05, 3.63) is 35.9 Å². The maximum absolute atomic E-state index is 12.2. The molecule has 24 heavy (non-hydrogen) atoms. The van der Waals surface area contributed by atoms with E-state index in [9.17, 15) is 4.79 Å². The van der Waals surface area contributed by atoms with Crippen molar-refractivity contribution in [1.29, 1.82) is 0 Å². The van der Waals surface area contributed by atoms with E-state index in [1.54, 1.807) is 11.9 Å². The predicted molar refractivity (Wildman–Crippen MR) is 110 cm³/mol. The third-order valence-electron chi connectivity index (χ3n) is 4.24. The van der Waals surface area contributed by atoms with E-state index in [1.807, 2.05) is 37.4 Å². The smallest absolute Gasteiger partial charge is 0.224 e. The topological polar surface area (TPSA) is 56.7 Å². The second-order valence-electron chi connectivity index (χ2n) is 6.11. The van der Waals surface area contributed by atoms with Gasteiger partial charge in [0.25, 0.3) is 0 Å². The van der Waals surface area contributed by atoms with Gasteiger partial charge >= 0.3 is 0 Å². The van der Waals surface area contributed by atoms with Gasteiger partial charge in [-0.3, -0.25) is 9.79 Å². The Morgan fingerprint density at radius 3 is 2.54 bits per heavy atom. The van der Waals surface area contributed by atoms with Gasteiger partial charge in [-0.25, -0.2) is 0 Å². The van der Waals surface area contributed by atoms with Gasteiger partial charge in [0.2, 0.25) is 5.91 Å². The molecule has 1 amide bonds. The van der Waals surface area contributed by atoms with E-state index in [4.69, 9.17) is 0 Å². The maximum atomic E-state index is 12.2. The molecular formula is C18H29IN4O. The minimum atomic E-state index is 0. The first kappa shape index (κ1) is 20.7. The second kappa shape index (κ2) is 11.3. The van der Waals surface area contributed by atoms with E-state index in [1.165, 1.54) is 25.7 Å². The summed E-state index contributed by atoms with van der Waals surface area (Å²) >= 11 is 0. The SMILES string of the molecule is CN=C(NCCC(=O)N(C)Cc1ccccc1)NC1CCCC1.I. The van der Waals surface area contributed by atoms with Gasteiger partial charge in [0.1, 0.15) is 0 Å². The molecule has 1 saturated carbocycles. The standard InChI is InChI=1S/C18H28N4O.HI/c1-19-18(21-16-10-6-7-11-16)20-13-12-17(23)22(2)14-15-8-4-3-5-9-15;/h3-5,8-9,16H,6-7,10-14H2,1-2H3,(H2,19,20,21);1H. The Kier molecular flexibility index (Phi) is 9.75. The van der Waals surface area contributed by atoms with Gasteiger partial charge in [0.05, 0.1) is 0 Å². The highest BCUT2D eigenvalue weighted by molar-refractivity contribution is 14.0. The number of benzene rings is 1. The minimum Gasteiger partial charge on any atom is -0.356 e. The molecule has 5 nitrogen and oxygen atoms in total. The highest BCUT2D eigenvalue weighted by atomic mass is 127. The highest BCUT2D eigenvalue weighted by Crippen LogP contribution is 2.17. The van der Waals surface area contributed by atoms with E-state index in [2.05, 4.69) is 15.6 Å². The summed E-state index contributed by atoms with van der Waals surface area (Å²) in [4.78, 5) is 18.2. The zero-order valence-electron chi connectivity index (χ0n) is 14.6. The molecule has 0 aromatic heterocycles. The van der Waals surface area contributed by atoms with Crippen LogP contribution in [0.3, 0.4) is 0 Å². The summed E-state index contributed by atoms with van der Waals surface area (Å²) < 4.78 is 0.